The lowest BCUT2D eigenvalue weighted by atomic mass is 9.88. The van der Waals surface area contributed by atoms with Gasteiger partial charge in [-0.1, -0.05) is 43.7 Å². The number of hydrogen-bond acceptors (Lipinski definition) is 5. The van der Waals surface area contributed by atoms with Gasteiger partial charge in [0, 0.05) is 22.6 Å². The Morgan fingerprint density at radius 3 is 2.80 bits per heavy atom. The second-order valence-electron chi connectivity index (χ2n) is 5.93. The Balaban J connectivity index is 2.00. The number of halogens is 1. The Hall–Kier alpha value is -1.17. The van der Waals surface area contributed by atoms with Crippen LogP contribution in [0.2, 0.25) is 5.02 Å². The highest BCUT2D eigenvalue weighted by molar-refractivity contribution is 7.22. The first kappa shape index (κ1) is 13.8. The first-order valence-electron chi connectivity index (χ1n) is 6.46. The predicted octanol–water partition coefficient (Wildman–Crippen LogP) is 3.88. The van der Waals surface area contributed by atoms with Crippen LogP contribution in [0, 0.1) is 5.41 Å². The number of benzene rings is 1. The van der Waals surface area contributed by atoms with E-state index in [9.17, 15) is 5.11 Å². The van der Waals surface area contributed by atoms with Crippen molar-refractivity contribution in [1.29, 1.82) is 0 Å². The van der Waals surface area contributed by atoms with Crippen LogP contribution in [0.15, 0.2) is 23.3 Å². The molecular weight excluding hydrogens is 294 g/mol. The smallest absolute Gasteiger partial charge is 0.209 e. The van der Waals surface area contributed by atoms with Crippen LogP contribution in [0.5, 0.6) is 0 Å². The summed E-state index contributed by atoms with van der Waals surface area (Å²) in [5, 5.41) is 17.8. The fraction of sp³-hybridized carbons (Fsp3) is 0.429. The second-order valence-corrected chi connectivity index (χ2v) is 7.38. The van der Waals surface area contributed by atoms with Gasteiger partial charge in [0.25, 0.3) is 0 Å². The minimum atomic E-state index is -0.639. The summed E-state index contributed by atoms with van der Waals surface area (Å²) in [4.78, 5) is 4.52. The second kappa shape index (κ2) is 4.69. The first-order valence-corrected chi connectivity index (χ1v) is 7.65. The van der Waals surface area contributed by atoms with Gasteiger partial charge in [0.05, 0.1) is 10.2 Å². The number of aromatic nitrogens is 1. The van der Waals surface area contributed by atoms with E-state index in [0.29, 0.717) is 16.6 Å². The van der Waals surface area contributed by atoms with Crippen molar-refractivity contribution in [1.82, 2.24) is 4.98 Å². The largest absolute Gasteiger partial charge is 0.371 e. The average Bonchev–Trinajstić information content (AvgIpc) is 2.90. The molecule has 1 atom stereocenters. The molecule has 1 N–H and O–H groups in total. The molecule has 3 rings (SSSR count). The van der Waals surface area contributed by atoms with Gasteiger partial charge in [-0.2, -0.15) is 5.10 Å². The number of aliphatic hydroxyl groups is 1. The van der Waals surface area contributed by atoms with Crippen LogP contribution in [0.3, 0.4) is 0 Å². The average molecular weight is 310 g/mol. The van der Waals surface area contributed by atoms with Crippen molar-refractivity contribution in [3.63, 3.8) is 0 Å². The summed E-state index contributed by atoms with van der Waals surface area (Å²) in [5.74, 6) is 0. The number of hydrazone groups is 1. The zero-order valence-electron chi connectivity index (χ0n) is 11.6. The van der Waals surface area contributed by atoms with Gasteiger partial charge >= 0.3 is 0 Å². The molecule has 1 aliphatic rings. The maximum atomic E-state index is 10.2. The van der Waals surface area contributed by atoms with Gasteiger partial charge in [-0.05, 0) is 18.2 Å². The van der Waals surface area contributed by atoms with E-state index in [1.807, 2.05) is 18.2 Å². The van der Waals surface area contributed by atoms with Crippen molar-refractivity contribution in [3.8, 4) is 0 Å². The molecule has 6 heteroatoms. The number of hydrogen-bond donors (Lipinski definition) is 1. The number of fused-ring (bicyclic) bond motifs is 1. The molecule has 1 aromatic carbocycles. The van der Waals surface area contributed by atoms with Crippen LogP contribution in [0.1, 0.15) is 27.2 Å². The molecule has 2 aromatic rings. The Morgan fingerprint density at radius 2 is 2.15 bits per heavy atom. The van der Waals surface area contributed by atoms with Gasteiger partial charge in [-0.25, -0.2) is 9.99 Å². The molecule has 0 fully saturated rings. The predicted molar refractivity (Wildman–Crippen MR) is 84.6 cm³/mol. The van der Waals surface area contributed by atoms with Crippen LogP contribution in [-0.2, 0) is 0 Å². The highest BCUT2D eigenvalue weighted by atomic mass is 35.5. The number of rotatable bonds is 1. The quantitative estimate of drug-likeness (QED) is 0.869. The van der Waals surface area contributed by atoms with Crippen LogP contribution >= 0.6 is 22.9 Å². The Kier molecular flexibility index (Phi) is 3.23. The van der Waals surface area contributed by atoms with E-state index in [1.54, 1.807) is 5.01 Å². The van der Waals surface area contributed by atoms with E-state index in [4.69, 9.17) is 11.6 Å². The third-order valence-corrected chi connectivity index (χ3v) is 4.53. The fourth-order valence-corrected chi connectivity index (χ4v) is 3.35. The third kappa shape index (κ3) is 2.41. The SMILES string of the molecule is CC(C)(C)C1=NN(c2nc3ccc(Cl)cc3s2)C(O)C1. The summed E-state index contributed by atoms with van der Waals surface area (Å²) in [6.07, 6.45) is -0.0829. The lowest BCUT2D eigenvalue weighted by molar-refractivity contribution is 0.185. The summed E-state index contributed by atoms with van der Waals surface area (Å²) in [6.45, 7) is 6.29. The summed E-state index contributed by atoms with van der Waals surface area (Å²) in [5.41, 5.74) is 1.82. The fourth-order valence-electron chi connectivity index (χ4n) is 2.11. The van der Waals surface area contributed by atoms with E-state index >= 15 is 0 Å². The Bertz CT molecular complexity index is 689. The molecule has 4 nitrogen and oxygen atoms in total. The number of aliphatic hydroxyl groups excluding tert-OH is 1. The molecule has 0 amide bonds. The molecular formula is C14H16ClN3OS. The summed E-state index contributed by atoms with van der Waals surface area (Å²) >= 11 is 7.48. The van der Waals surface area contributed by atoms with E-state index in [1.165, 1.54) is 11.3 Å². The summed E-state index contributed by atoms with van der Waals surface area (Å²) in [7, 11) is 0. The lowest BCUT2D eigenvalue weighted by Gasteiger charge is -2.16. The number of nitrogens with zero attached hydrogens (tertiary/aromatic N) is 3. The van der Waals surface area contributed by atoms with Crippen molar-refractivity contribution in [2.24, 2.45) is 10.5 Å². The van der Waals surface area contributed by atoms with Gasteiger partial charge in [0.15, 0.2) is 6.23 Å². The molecule has 0 saturated carbocycles. The van der Waals surface area contributed by atoms with Crippen LogP contribution in [-0.4, -0.2) is 22.0 Å². The molecule has 20 heavy (non-hydrogen) atoms. The summed E-state index contributed by atoms with van der Waals surface area (Å²) < 4.78 is 0.999. The maximum Gasteiger partial charge on any atom is 0.209 e. The molecule has 0 radical (unpaired) electrons. The highest BCUT2D eigenvalue weighted by Crippen LogP contribution is 2.35. The van der Waals surface area contributed by atoms with Crippen molar-refractivity contribution in [2.45, 2.75) is 33.4 Å². The zero-order valence-corrected chi connectivity index (χ0v) is 13.2. The highest BCUT2D eigenvalue weighted by Gasteiger charge is 2.33. The maximum absolute atomic E-state index is 10.2. The van der Waals surface area contributed by atoms with Crippen LogP contribution in [0.25, 0.3) is 10.2 Å². The van der Waals surface area contributed by atoms with E-state index in [-0.39, 0.29) is 5.41 Å². The molecule has 106 valence electrons. The number of thiazole rings is 1. The molecule has 0 spiro atoms. The number of anilines is 1. The van der Waals surface area contributed by atoms with Crippen LogP contribution in [0.4, 0.5) is 5.13 Å². The Labute approximate surface area is 126 Å². The molecule has 1 aliphatic heterocycles. The molecule has 0 saturated heterocycles. The van der Waals surface area contributed by atoms with Gasteiger partial charge in [0.1, 0.15) is 0 Å². The molecule has 1 aromatic heterocycles. The van der Waals surface area contributed by atoms with Crippen molar-refractivity contribution >= 4 is 44.0 Å². The lowest BCUT2D eigenvalue weighted by Crippen LogP contribution is -2.26. The van der Waals surface area contributed by atoms with Gasteiger partial charge < -0.3 is 5.11 Å². The van der Waals surface area contributed by atoms with Gasteiger partial charge in [0.2, 0.25) is 5.13 Å². The Morgan fingerprint density at radius 1 is 1.40 bits per heavy atom. The third-order valence-electron chi connectivity index (χ3n) is 3.29. The minimum Gasteiger partial charge on any atom is -0.371 e. The molecule has 0 bridgehead atoms. The van der Waals surface area contributed by atoms with E-state index in [0.717, 1.165) is 15.9 Å². The normalized spacial score (nSPS) is 19.8. The van der Waals surface area contributed by atoms with Crippen molar-refractivity contribution in [3.05, 3.63) is 23.2 Å². The van der Waals surface area contributed by atoms with Gasteiger partial charge in [-0.3, -0.25) is 0 Å². The van der Waals surface area contributed by atoms with Crippen molar-refractivity contribution in [2.75, 3.05) is 5.01 Å². The standard InChI is InChI=1S/C14H16ClN3OS/c1-14(2,3)11-7-12(19)18(17-11)13-16-9-5-4-8(15)6-10(9)20-13/h4-6,12,19H,7H2,1-3H3. The minimum absolute atomic E-state index is 0.0459. The summed E-state index contributed by atoms with van der Waals surface area (Å²) in [6, 6.07) is 5.58. The van der Waals surface area contributed by atoms with E-state index in [2.05, 4.69) is 30.9 Å². The molecule has 1 unspecified atom stereocenters. The zero-order chi connectivity index (χ0) is 14.5. The van der Waals surface area contributed by atoms with Crippen molar-refractivity contribution < 1.29 is 5.11 Å². The first-order chi connectivity index (χ1) is 9.34. The topological polar surface area (TPSA) is 48.7 Å². The van der Waals surface area contributed by atoms with Gasteiger partial charge in [-0.15, -0.1) is 0 Å². The molecule has 0 aliphatic carbocycles. The van der Waals surface area contributed by atoms with Crippen LogP contribution < -0.4 is 5.01 Å². The monoisotopic (exact) mass is 309 g/mol. The molecule has 2 heterocycles. The van der Waals surface area contributed by atoms with E-state index < -0.39 is 6.23 Å².